The van der Waals surface area contributed by atoms with E-state index in [1.807, 2.05) is 84.9 Å². The molecule has 0 saturated heterocycles. The molecule has 3 aromatic rings. The standard InChI is InChI=1S/C25H24O4/c26-22-12-7-15-27-25(22)21-13-14-23(28-17-19-8-3-1-4-9-19)24(16-21)29-18-20-10-5-2-6-11-20/h1-11,13-16,22,25-26H,12,17-18H2. The summed E-state index contributed by atoms with van der Waals surface area (Å²) in [6.07, 6.45) is 3.03. The van der Waals surface area contributed by atoms with Crippen LogP contribution >= 0.6 is 0 Å². The minimum atomic E-state index is -0.585. The molecule has 3 aromatic carbocycles. The molecule has 0 aliphatic carbocycles. The lowest BCUT2D eigenvalue weighted by molar-refractivity contribution is -0.00298. The van der Waals surface area contributed by atoms with E-state index in [0.29, 0.717) is 31.1 Å². The topological polar surface area (TPSA) is 47.9 Å². The molecule has 0 aromatic heterocycles. The van der Waals surface area contributed by atoms with Crippen molar-refractivity contribution in [2.24, 2.45) is 0 Å². The largest absolute Gasteiger partial charge is 0.491 e. The zero-order valence-corrected chi connectivity index (χ0v) is 16.1. The van der Waals surface area contributed by atoms with Crippen molar-refractivity contribution in [2.45, 2.75) is 31.8 Å². The van der Waals surface area contributed by atoms with Crippen molar-refractivity contribution < 1.29 is 19.3 Å². The fraction of sp³-hybridized carbons (Fsp3) is 0.200. The van der Waals surface area contributed by atoms with Gasteiger partial charge in [0.25, 0.3) is 0 Å². The molecule has 4 nitrogen and oxygen atoms in total. The van der Waals surface area contributed by atoms with Crippen LogP contribution in [0.5, 0.6) is 11.5 Å². The van der Waals surface area contributed by atoms with E-state index in [-0.39, 0.29) is 0 Å². The van der Waals surface area contributed by atoms with Gasteiger partial charge in [-0.05, 0) is 41.3 Å². The van der Waals surface area contributed by atoms with E-state index in [2.05, 4.69) is 0 Å². The van der Waals surface area contributed by atoms with Crippen LogP contribution in [0.2, 0.25) is 0 Å². The summed E-state index contributed by atoms with van der Waals surface area (Å²) in [5.41, 5.74) is 3.02. The van der Waals surface area contributed by atoms with Crippen LogP contribution in [0.25, 0.3) is 0 Å². The summed E-state index contributed by atoms with van der Waals surface area (Å²) in [6.45, 7) is 0.882. The number of hydrogen-bond acceptors (Lipinski definition) is 4. The van der Waals surface area contributed by atoms with E-state index in [1.165, 1.54) is 0 Å². The summed E-state index contributed by atoms with van der Waals surface area (Å²) in [7, 11) is 0. The summed E-state index contributed by atoms with van der Waals surface area (Å²) < 4.78 is 17.8. The minimum Gasteiger partial charge on any atom is -0.491 e. The smallest absolute Gasteiger partial charge is 0.162 e. The van der Waals surface area contributed by atoms with Crippen LogP contribution in [0.3, 0.4) is 0 Å². The van der Waals surface area contributed by atoms with Gasteiger partial charge in [-0.1, -0.05) is 66.7 Å². The Balaban J connectivity index is 1.55. The van der Waals surface area contributed by atoms with Crippen LogP contribution in [0.1, 0.15) is 29.2 Å². The second-order valence-corrected chi connectivity index (χ2v) is 6.99. The Morgan fingerprint density at radius 2 is 1.41 bits per heavy atom. The van der Waals surface area contributed by atoms with E-state index >= 15 is 0 Å². The van der Waals surface area contributed by atoms with E-state index < -0.39 is 12.2 Å². The molecule has 148 valence electrons. The predicted octanol–water partition coefficient (Wildman–Crippen LogP) is 5.18. The summed E-state index contributed by atoms with van der Waals surface area (Å²) >= 11 is 0. The van der Waals surface area contributed by atoms with Crippen LogP contribution < -0.4 is 9.47 Å². The second-order valence-electron chi connectivity index (χ2n) is 6.99. The summed E-state index contributed by atoms with van der Waals surface area (Å²) in [5.74, 6) is 1.29. The third-order valence-electron chi connectivity index (χ3n) is 4.82. The van der Waals surface area contributed by atoms with E-state index in [0.717, 1.165) is 16.7 Å². The summed E-state index contributed by atoms with van der Waals surface area (Å²) in [4.78, 5) is 0. The maximum Gasteiger partial charge on any atom is 0.162 e. The zero-order chi connectivity index (χ0) is 19.9. The van der Waals surface area contributed by atoms with E-state index in [4.69, 9.17) is 14.2 Å². The van der Waals surface area contributed by atoms with Gasteiger partial charge in [0.1, 0.15) is 19.3 Å². The van der Waals surface area contributed by atoms with Crippen molar-refractivity contribution in [3.63, 3.8) is 0 Å². The molecule has 2 unspecified atom stereocenters. The monoisotopic (exact) mass is 388 g/mol. The average Bonchev–Trinajstić information content (AvgIpc) is 2.78. The Hall–Kier alpha value is -3.24. The molecule has 0 radical (unpaired) electrons. The lowest BCUT2D eigenvalue weighted by atomic mass is 10.00. The molecule has 0 amide bonds. The highest BCUT2D eigenvalue weighted by atomic mass is 16.5. The second kappa shape index (κ2) is 9.30. The molecule has 0 spiro atoms. The van der Waals surface area contributed by atoms with E-state index in [9.17, 15) is 5.11 Å². The van der Waals surface area contributed by atoms with Crippen molar-refractivity contribution in [2.75, 3.05) is 0 Å². The maximum atomic E-state index is 10.3. The minimum absolute atomic E-state index is 0.415. The van der Waals surface area contributed by atoms with Crippen molar-refractivity contribution >= 4 is 0 Å². The number of aliphatic hydroxyl groups is 1. The predicted molar refractivity (Wildman–Crippen MR) is 112 cm³/mol. The summed E-state index contributed by atoms with van der Waals surface area (Å²) in [6, 6.07) is 25.7. The Morgan fingerprint density at radius 3 is 2.03 bits per heavy atom. The van der Waals surface area contributed by atoms with Crippen LogP contribution in [0.15, 0.2) is 91.2 Å². The number of ether oxygens (including phenoxy) is 3. The number of hydrogen-bond donors (Lipinski definition) is 1. The third kappa shape index (κ3) is 4.98. The van der Waals surface area contributed by atoms with Gasteiger partial charge in [0.05, 0.1) is 12.4 Å². The lowest BCUT2D eigenvalue weighted by Gasteiger charge is -2.26. The molecular weight excluding hydrogens is 364 g/mol. The van der Waals surface area contributed by atoms with Crippen molar-refractivity contribution in [1.82, 2.24) is 0 Å². The van der Waals surface area contributed by atoms with Gasteiger partial charge < -0.3 is 19.3 Å². The van der Waals surface area contributed by atoms with Crippen molar-refractivity contribution in [3.05, 3.63) is 108 Å². The number of aliphatic hydroxyl groups excluding tert-OH is 1. The number of rotatable bonds is 7. The first-order valence-electron chi connectivity index (χ1n) is 9.75. The molecule has 4 rings (SSSR count). The zero-order valence-electron chi connectivity index (χ0n) is 16.1. The highest BCUT2D eigenvalue weighted by molar-refractivity contribution is 5.44. The fourth-order valence-electron chi connectivity index (χ4n) is 3.25. The first-order valence-corrected chi connectivity index (χ1v) is 9.75. The molecule has 0 bridgehead atoms. The van der Waals surface area contributed by atoms with Gasteiger partial charge in [-0.2, -0.15) is 0 Å². The fourth-order valence-corrected chi connectivity index (χ4v) is 3.25. The van der Waals surface area contributed by atoms with Gasteiger partial charge in [0, 0.05) is 0 Å². The van der Waals surface area contributed by atoms with Crippen LogP contribution in [0, 0.1) is 0 Å². The highest BCUT2D eigenvalue weighted by Gasteiger charge is 2.25. The van der Waals surface area contributed by atoms with Crippen molar-refractivity contribution in [1.29, 1.82) is 0 Å². The molecule has 0 fully saturated rings. The molecule has 1 N–H and O–H groups in total. The maximum absolute atomic E-state index is 10.3. The van der Waals surface area contributed by atoms with Gasteiger partial charge in [-0.3, -0.25) is 0 Å². The molecule has 1 aliphatic rings. The first-order chi connectivity index (χ1) is 14.3. The van der Waals surface area contributed by atoms with Crippen molar-refractivity contribution in [3.8, 4) is 11.5 Å². The normalized spacial score (nSPS) is 18.1. The third-order valence-corrected chi connectivity index (χ3v) is 4.82. The Morgan fingerprint density at radius 1 is 0.793 bits per heavy atom. The quantitative estimate of drug-likeness (QED) is 0.606. The summed E-state index contributed by atoms with van der Waals surface area (Å²) in [5, 5.41) is 10.3. The molecule has 2 atom stereocenters. The van der Waals surface area contributed by atoms with Gasteiger partial charge >= 0.3 is 0 Å². The lowest BCUT2D eigenvalue weighted by Crippen LogP contribution is -2.21. The van der Waals surface area contributed by atoms with Gasteiger partial charge in [-0.15, -0.1) is 0 Å². The van der Waals surface area contributed by atoms with Crippen LogP contribution in [0.4, 0.5) is 0 Å². The first kappa shape index (κ1) is 19.1. The molecule has 1 heterocycles. The highest BCUT2D eigenvalue weighted by Crippen LogP contribution is 2.35. The number of benzene rings is 3. The van der Waals surface area contributed by atoms with Gasteiger partial charge in [0.15, 0.2) is 11.5 Å². The van der Waals surface area contributed by atoms with Gasteiger partial charge in [-0.25, -0.2) is 0 Å². The Bertz CT molecular complexity index is 938. The molecule has 4 heteroatoms. The Kier molecular flexibility index (Phi) is 6.13. The average molecular weight is 388 g/mol. The molecule has 1 aliphatic heterocycles. The van der Waals surface area contributed by atoms with Gasteiger partial charge in [0.2, 0.25) is 0 Å². The van der Waals surface area contributed by atoms with Crippen LogP contribution in [-0.2, 0) is 18.0 Å². The molecular formula is C25H24O4. The molecule has 29 heavy (non-hydrogen) atoms. The Labute approximate surface area is 171 Å². The van der Waals surface area contributed by atoms with E-state index in [1.54, 1.807) is 6.26 Å². The van der Waals surface area contributed by atoms with Crippen LogP contribution in [-0.4, -0.2) is 11.2 Å². The SMILES string of the molecule is OC1CC=COC1c1ccc(OCc2ccccc2)c(OCc2ccccc2)c1. The molecule has 0 saturated carbocycles.